The number of hydrogen-bond donors (Lipinski definition) is 1. The van der Waals surface area contributed by atoms with Gasteiger partial charge in [0.25, 0.3) is 0 Å². The summed E-state index contributed by atoms with van der Waals surface area (Å²) in [6.07, 6.45) is 3.11. The number of benzene rings is 1. The van der Waals surface area contributed by atoms with Gasteiger partial charge in [0, 0.05) is 13.0 Å². The van der Waals surface area contributed by atoms with Gasteiger partial charge >= 0.3 is 5.97 Å². The maximum Gasteiger partial charge on any atom is 0.326 e. The SMILES string of the molecule is CCOc1ccccc1OCCCC(=O)N1CCCC[C@@H]1C(=O)O. The number of rotatable bonds is 8. The molecule has 1 saturated heterocycles. The normalized spacial score (nSPS) is 17.4. The van der Waals surface area contributed by atoms with Gasteiger partial charge in [-0.3, -0.25) is 4.79 Å². The number of nitrogens with zero attached hydrogens (tertiary/aromatic N) is 1. The summed E-state index contributed by atoms with van der Waals surface area (Å²) in [6.45, 7) is 3.39. The fourth-order valence-electron chi connectivity index (χ4n) is 2.88. The van der Waals surface area contributed by atoms with E-state index in [0.29, 0.717) is 50.5 Å². The summed E-state index contributed by atoms with van der Waals surface area (Å²) >= 11 is 0. The Morgan fingerprint density at radius 2 is 1.92 bits per heavy atom. The third kappa shape index (κ3) is 4.88. The zero-order valence-corrected chi connectivity index (χ0v) is 14.1. The van der Waals surface area contributed by atoms with Gasteiger partial charge in [0.2, 0.25) is 5.91 Å². The molecule has 2 rings (SSSR count). The molecule has 6 heteroatoms. The summed E-state index contributed by atoms with van der Waals surface area (Å²) in [5, 5.41) is 9.23. The van der Waals surface area contributed by atoms with Crippen LogP contribution in [0.4, 0.5) is 0 Å². The maximum atomic E-state index is 12.3. The summed E-state index contributed by atoms with van der Waals surface area (Å²) in [5.74, 6) is 0.329. The Labute approximate surface area is 142 Å². The van der Waals surface area contributed by atoms with Crippen LogP contribution < -0.4 is 9.47 Å². The van der Waals surface area contributed by atoms with Crippen molar-refractivity contribution >= 4 is 11.9 Å². The number of ether oxygens (including phenoxy) is 2. The van der Waals surface area contributed by atoms with Crippen molar-refractivity contribution in [2.45, 2.75) is 45.1 Å². The Balaban J connectivity index is 1.79. The number of aliphatic carboxylic acids is 1. The number of carbonyl (C=O) groups excluding carboxylic acids is 1. The van der Waals surface area contributed by atoms with Gasteiger partial charge in [0.15, 0.2) is 11.5 Å². The summed E-state index contributed by atoms with van der Waals surface area (Å²) in [7, 11) is 0. The standard InChI is InChI=1S/C18H25NO5/c1-2-23-15-9-3-4-10-16(15)24-13-7-11-17(20)19-12-6-5-8-14(19)18(21)22/h3-4,9-10,14H,2,5-8,11-13H2,1H3,(H,21,22)/t14-/m1/s1. The first-order chi connectivity index (χ1) is 11.6. The van der Waals surface area contributed by atoms with E-state index in [1.54, 1.807) is 0 Å². The highest BCUT2D eigenvalue weighted by atomic mass is 16.5. The molecule has 132 valence electrons. The van der Waals surface area contributed by atoms with E-state index in [1.165, 1.54) is 4.90 Å². The molecule has 1 fully saturated rings. The fraction of sp³-hybridized carbons (Fsp3) is 0.556. The summed E-state index contributed by atoms with van der Waals surface area (Å²) < 4.78 is 11.2. The van der Waals surface area contributed by atoms with Gasteiger partial charge < -0.3 is 19.5 Å². The highest BCUT2D eigenvalue weighted by molar-refractivity contribution is 5.83. The van der Waals surface area contributed by atoms with Crippen LogP contribution in [0.3, 0.4) is 0 Å². The summed E-state index contributed by atoms with van der Waals surface area (Å²) in [5.41, 5.74) is 0. The lowest BCUT2D eigenvalue weighted by Crippen LogP contribution is -2.47. The minimum atomic E-state index is -0.912. The molecule has 1 aromatic rings. The van der Waals surface area contributed by atoms with E-state index in [0.717, 1.165) is 12.8 Å². The number of carboxylic acid groups (broad SMARTS) is 1. The highest BCUT2D eigenvalue weighted by Gasteiger charge is 2.31. The molecule has 0 spiro atoms. The van der Waals surface area contributed by atoms with Gasteiger partial charge in [-0.15, -0.1) is 0 Å². The molecule has 1 amide bonds. The molecule has 0 aliphatic carbocycles. The Bertz CT molecular complexity index is 560. The van der Waals surface area contributed by atoms with Crippen LogP contribution in [-0.4, -0.2) is 47.7 Å². The molecule has 0 unspecified atom stereocenters. The van der Waals surface area contributed by atoms with Crippen molar-refractivity contribution in [1.29, 1.82) is 0 Å². The van der Waals surface area contributed by atoms with E-state index in [-0.39, 0.29) is 5.91 Å². The molecular formula is C18H25NO5. The predicted molar refractivity (Wildman–Crippen MR) is 89.3 cm³/mol. The molecule has 1 atom stereocenters. The number of carboxylic acids is 1. The molecule has 1 heterocycles. The molecule has 1 aliphatic rings. The molecule has 0 radical (unpaired) electrons. The minimum absolute atomic E-state index is 0.108. The van der Waals surface area contributed by atoms with Crippen LogP contribution in [0.15, 0.2) is 24.3 Å². The zero-order chi connectivity index (χ0) is 17.4. The maximum absolute atomic E-state index is 12.3. The van der Waals surface area contributed by atoms with E-state index in [2.05, 4.69) is 0 Å². The molecule has 1 aliphatic heterocycles. The zero-order valence-electron chi connectivity index (χ0n) is 14.1. The van der Waals surface area contributed by atoms with Crippen molar-refractivity contribution < 1.29 is 24.2 Å². The second kappa shape index (κ2) is 9.15. The first-order valence-corrected chi connectivity index (χ1v) is 8.50. The lowest BCUT2D eigenvalue weighted by molar-refractivity contribution is -0.152. The summed E-state index contributed by atoms with van der Waals surface area (Å²) in [4.78, 5) is 25.0. The molecule has 1 aromatic carbocycles. The van der Waals surface area contributed by atoms with Gasteiger partial charge in [-0.25, -0.2) is 4.79 Å². The Hall–Kier alpha value is -2.24. The van der Waals surface area contributed by atoms with Crippen LogP contribution in [-0.2, 0) is 9.59 Å². The molecule has 0 bridgehead atoms. The van der Waals surface area contributed by atoms with Gasteiger partial charge in [-0.2, -0.15) is 0 Å². The van der Waals surface area contributed by atoms with Crippen LogP contribution in [0.1, 0.15) is 39.0 Å². The molecule has 1 N–H and O–H groups in total. The van der Waals surface area contributed by atoms with Crippen LogP contribution >= 0.6 is 0 Å². The first-order valence-electron chi connectivity index (χ1n) is 8.50. The van der Waals surface area contributed by atoms with Gasteiger partial charge in [-0.05, 0) is 44.7 Å². The van der Waals surface area contributed by atoms with Crippen molar-refractivity contribution in [1.82, 2.24) is 4.90 Å². The minimum Gasteiger partial charge on any atom is -0.490 e. The average Bonchev–Trinajstić information content (AvgIpc) is 2.60. The fourth-order valence-corrected chi connectivity index (χ4v) is 2.88. The van der Waals surface area contributed by atoms with Crippen molar-refractivity contribution in [3.8, 4) is 11.5 Å². The average molecular weight is 335 g/mol. The third-order valence-corrected chi connectivity index (χ3v) is 4.05. The number of amides is 1. The van der Waals surface area contributed by atoms with E-state index in [4.69, 9.17) is 9.47 Å². The summed E-state index contributed by atoms with van der Waals surface area (Å²) in [6, 6.07) is 6.75. The van der Waals surface area contributed by atoms with Gasteiger partial charge in [0.1, 0.15) is 6.04 Å². The smallest absolute Gasteiger partial charge is 0.326 e. The Morgan fingerprint density at radius 1 is 1.21 bits per heavy atom. The molecule has 24 heavy (non-hydrogen) atoms. The van der Waals surface area contributed by atoms with Crippen molar-refractivity contribution in [2.24, 2.45) is 0 Å². The Kier molecular flexibility index (Phi) is 6.90. The van der Waals surface area contributed by atoms with E-state index in [9.17, 15) is 14.7 Å². The van der Waals surface area contributed by atoms with Crippen LogP contribution in [0.5, 0.6) is 11.5 Å². The Morgan fingerprint density at radius 3 is 2.58 bits per heavy atom. The predicted octanol–water partition coefficient (Wildman–Crippen LogP) is 2.71. The number of hydrogen-bond acceptors (Lipinski definition) is 4. The van der Waals surface area contributed by atoms with Crippen LogP contribution in [0, 0.1) is 0 Å². The van der Waals surface area contributed by atoms with Crippen molar-refractivity contribution in [3.63, 3.8) is 0 Å². The van der Waals surface area contributed by atoms with Gasteiger partial charge in [-0.1, -0.05) is 12.1 Å². The highest BCUT2D eigenvalue weighted by Crippen LogP contribution is 2.26. The van der Waals surface area contributed by atoms with E-state index >= 15 is 0 Å². The third-order valence-electron chi connectivity index (χ3n) is 4.05. The second-order valence-corrected chi connectivity index (χ2v) is 5.77. The molecule has 6 nitrogen and oxygen atoms in total. The van der Waals surface area contributed by atoms with Crippen molar-refractivity contribution in [3.05, 3.63) is 24.3 Å². The monoisotopic (exact) mass is 335 g/mol. The molecule has 0 aromatic heterocycles. The van der Waals surface area contributed by atoms with Gasteiger partial charge in [0.05, 0.1) is 13.2 Å². The largest absolute Gasteiger partial charge is 0.490 e. The quantitative estimate of drug-likeness (QED) is 0.739. The number of piperidine rings is 1. The van der Waals surface area contributed by atoms with E-state index in [1.807, 2.05) is 31.2 Å². The molecular weight excluding hydrogens is 310 g/mol. The lowest BCUT2D eigenvalue weighted by atomic mass is 10.0. The first kappa shape index (κ1) is 18.1. The number of carbonyl (C=O) groups is 2. The van der Waals surface area contributed by atoms with Crippen LogP contribution in [0.25, 0.3) is 0 Å². The number of para-hydroxylation sites is 2. The number of likely N-dealkylation sites (tertiary alicyclic amines) is 1. The second-order valence-electron chi connectivity index (χ2n) is 5.77. The molecule has 0 saturated carbocycles. The van der Waals surface area contributed by atoms with Crippen LogP contribution in [0.2, 0.25) is 0 Å². The topological polar surface area (TPSA) is 76.1 Å². The van der Waals surface area contributed by atoms with E-state index < -0.39 is 12.0 Å². The lowest BCUT2D eigenvalue weighted by Gasteiger charge is -2.33. The van der Waals surface area contributed by atoms with Crippen molar-refractivity contribution in [2.75, 3.05) is 19.8 Å².